The Hall–Kier alpha value is -1.10. The molecule has 3 fully saturated rings. The van der Waals surface area contributed by atoms with Crippen LogP contribution in [0.4, 0.5) is 0 Å². The largest absolute Gasteiger partial charge is 0.378 e. The van der Waals surface area contributed by atoms with E-state index in [9.17, 15) is 9.59 Å². The summed E-state index contributed by atoms with van der Waals surface area (Å²) in [6.45, 7) is 2.42. The molecule has 2 amide bonds. The van der Waals surface area contributed by atoms with E-state index in [-0.39, 0.29) is 11.8 Å². The van der Waals surface area contributed by atoms with Gasteiger partial charge in [0.25, 0.3) is 0 Å². The molecule has 0 aromatic rings. The molecular formula is C12H18N2O3. The Morgan fingerprint density at radius 1 is 1.18 bits per heavy atom. The Kier molecular flexibility index (Phi) is 2.58. The van der Waals surface area contributed by atoms with E-state index in [0.29, 0.717) is 45.2 Å². The third-order valence-electron chi connectivity index (χ3n) is 3.80. The average Bonchev–Trinajstić information content (AvgIpc) is 3.23. The first kappa shape index (κ1) is 11.0. The highest BCUT2D eigenvalue weighted by atomic mass is 16.5. The zero-order valence-electron chi connectivity index (χ0n) is 9.91. The van der Waals surface area contributed by atoms with Gasteiger partial charge in [0, 0.05) is 19.1 Å². The Balaban J connectivity index is 1.64. The van der Waals surface area contributed by atoms with Crippen molar-refractivity contribution in [2.45, 2.75) is 31.7 Å². The third-order valence-corrected chi connectivity index (χ3v) is 3.80. The van der Waals surface area contributed by atoms with Gasteiger partial charge in [-0.2, -0.15) is 0 Å². The molecule has 0 unspecified atom stereocenters. The lowest BCUT2D eigenvalue weighted by Gasteiger charge is -2.30. The summed E-state index contributed by atoms with van der Waals surface area (Å²) < 4.78 is 5.22. The maximum Gasteiger partial charge on any atom is 0.238 e. The first-order valence-electron chi connectivity index (χ1n) is 6.40. The summed E-state index contributed by atoms with van der Waals surface area (Å²) in [5.41, 5.74) is -0.722. The van der Waals surface area contributed by atoms with Crippen LogP contribution in [0.15, 0.2) is 0 Å². The molecule has 5 heteroatoms. The average molecular weight is 238 g/mol. The molecule has 0 bridgehead atoms. The van der Waals surface area contributed by atoms with E-state index >= 15 is 0 Å². The topological polar surface area (TPSA) is 58.6 Å². The molecular weight excluding hydrogens is 220 g/mol. The van der Waals surface area contributed by atoms with Crippen LogP contribution in [0.5, 0.6) is 0 Å². The molecule has 94 valence electrons. The predicted molar refractivity (Wildman–Crippen MR) is 60.2 cm³/mol. The van der Waals surface area contributed by atoms with E-state index in [2.05, 4.69) is 5.32 Å². The van der Waals surface area contributed by atoms with Crippen molar-refractivity contribution in [3.05, 3.63) is 0 Å². The molecule has 1 heterocycles. The fourth-order valence-corrected chi connectivity index (χ4v) is 2.28. The lowest BCUT2D eigenvalue weighted by Crippen LogP contribution is -2.49. The van der Waals surface area contributed by atoms with Gasteiger partial charge in [-0.25, -0.2) is 0 Å². The molecule has 3 rings (SSSR count). The lowest BCUT2D eigenvalue weighted by atomic mass is 10.0. The van der Waals surface area contributed by atoms with Crippen molar-refractivity contribution in [2.75, 3.05) is 26.3 Å². The molecule has 17 heavy (non-hydrogen) atoms. The first-order chi connectivity index (χ1) is 8.22. The maximum absolute atomic E-state index is 12.3. The van der Waals surface area contributed by atoms with E-state index in [1.54, 1.807) is 4.90 Å². The lowest BCUT2D eigenvalue weighted by molar-refractivity contribution is -0.147. The monoisotopic (exact) mass is 238 g/mol. The molecule has 1 saturated heterocycles. The number of ether oxygens (including phenoxy) is 1. The molecule has 5 nitrogen and oxygen atoms in total. The van der Waals surface area contributed by atoms with Crippen molar-refractivity contribution in [1.29, 1.82) is 0 Å². The van der Waals surface area contributed by atoms with Gasteiger partial charge >= 0.3 is 0 Å². The summed E-state index contributed by atoms with van der Waals surface area (Å²) in [6.07, 6.45) is 3.55. The molecule has 2 saturated carbocycles. The number of nitrogens with one attached hydrogen (secondary N) is 1. The van der Waals surface area contributed by atoms with Crippen LogP contribution in [0, 0.1) is 5.41 Å². The van der Waals surface area contributed by atoms with E-state index in [4.69, 9.17) is 4.74 Å². The minimum Gasteiger partial charge on any atom is -0.378 e. The zero-order chi connectivity index (χ0) is 11.9. The van der Waals surface area contributed by atoms with Gasteiger partial charge in [0.05, 0.1) is 13.2 Å². The normalized spacial score (nSPS) is 26.5. The highest BCUT2D eigenvalue weighted by Crippen LogP contribution is 2.48. The van der Waals surface area contributed by atoms with Crippen LogP contribution in [-0.4, -0.2) is 49.1 Å². The van der Waals surface area contributed by atoms with Crippen molar-refractivity contribution in [3.8, 4) is 0 Å². The van der Waals surface area contributed by atoms with Crippen LogP contribution < -0.4 is 5.32 Å². The summed E-state index contributed by atoms with van der Waals surface area (Å²) in [6, 6.07) is 0.331. The van der Waals surface area contributed by atoms with E-state index in [1.165, 1.54) is 0 Å². The van der Waals surface area contributed by atoms with Crippen LogP contribution in [0.2, 0.25) is 0 Å². The Morgan fingerprint density at radius 2 is 1.82 bits per heavy atom. The van der Waals surface area contributed by atoms with Gasteiger partial charge in [-0.1, -0.05) is 0 Å². The van der Waals surface area contributed by atoms with Crippen LogP contribution in [0.1, 0.15) is 25.7 Å². The second-order valence-electron chi connectivity index (χ2n) is 5.23. The number of hydrogen-bond donors (Lipinski definition) is 1. The van der Waals surface area contributed by atoms with Crippen LogP contribution >= 0.6 is 0 Å². The fourth-order valence-electron chi connectivity index (χ4n) is 2.28. The van der Waals surface area contributed by atoms with Crippen molar-refractivity contribution < 1.29 is 14.3 Å². The SMILES string of the molecule is O=C(NC1CC1)C1(C(=O)N2CCOCC2)CC1. The van der Waals surface area contributed by atoms with Gasteiger partial charge in [0.15, 0.2) is 0 Å². The number of amides is 2. The molecule has 0 radical (unpaired) electrons. The van der Waals surface area contributed by atoms with Gasteiger partial charge in [-0.05, 0) is 25.7 Å². The number of nitrogens with zero attached hydrogens (tertiary/aromatic N) is 1. The van der Waals surface area contributed by atoms with Gasteiger partial charge in [-0.3, -0.25) is 9.59 Å². The number of hydrogen-bond acceptors (Lipinski definition) is 3. The van der Waals surface area contributed by atoms with Crippen molar-refractivity contribution in [3.63, 3.8) is 0 Å². The standard InChI is InChI=1S/C12H18N2O3/c15-10(13-9-1-2-9)12(3-4-12)11(16)14-5-7-17-8-6-14/h9H,1-8H2,(H,13,15). The molecule has 0 atom stereocenters. The number of rotatable bonds is 3. The molecule has 0 spiro atoms. The number of carbonyl (C=O) groups is 2. The van der Waals surface area contributed by atoms with Crippen LogP contribution in [0.25, 0.3) is 0 Å². The fraction of sp³-hybridized carbons (Fsp3) is 0.833. The quantitative estimate of drug-likeness (QED) is 0.699. The van der Waals surface area contributed by atoms with Crippen LogP contribution in [-0.2, 0) is 14.3 Å². The summed E-state index contributed by atoms with van der Waals surface area (Å²) in [5, 5.41) is 2.96. The molecule has 0 aromatic heterocycles. The van der Waals surface area contributed by atoms with Crippen LogP contribution in [0.3, 0.4) is 0 Å². The molecule has 1 N–H and O–H groups in total. The maximum atomic E-state index is 12.3. The summed E-state index contributed by atoms with van der Waals surface area (Å²) in [4.78, 5) is 26.2. The third kappa shape index (κ3) is 2.04. The van der Waals surface area contributed by atoms with Gasteiger partial charge in [0.2, 0.25) is 11.8 Å². The second-order valence-corrected chi connectivity index (χ2v) is 5.23. The summed E-state index contributed by atoms with van der Waals surface area (Å²) in [7, 11) is 0. The van der Waals surface area contributed by atoms with E-state index < -0.39 is 5.41 Å². The van der Waals surface area contributed by atoms with E-state index in [1.807, 2.05) is 0 Å². The molecule has 3 aliphatic rings. The first-order valence-corrected chi connectivity index (χ1v) is 6.40. The van der Waals surface area contributed by atoms with Gasteiger partial charge in [-0.15, -0.1) is 0 Å². The van der Waals surface area contributed by atoms with Gasteiger partial charge < -0.3 is 15.0 Å². The van der Waals surface area contributed by atoms with Gasteiger partial charge in [0.1, 0.15) is 5.41 Å². The minimum absolute atomic E-state index is 0.0129. The molecule has 1 aliphatic heterocycles. The Labute approximate surface area is 100 Å². The van der Waals surface area contributed by atoms with E-state index in [0.717, 1.165) is 12.8 Å². The van der Waals surface area contributed by atoms with Crippen molar-refractivity contribution >= 4 is 11.8 Å². The smallest absolute Gasteiger partial charge is 0.238 e. The number of carbonyl (C=O) groups excluding carboxylic acids is 2. The Bertz CT molecular complexity index is 342. The summed E-state index contributed by atoms with van der Waals surface area (Å²) in [5.74, 6) is -0.0320. The highest BCUT2D eigenvalue weighted by Gasteiger charge is 2.58. The summed E-state index contributed by atoms with van der Waals surface area (Å²) >= 11 is 0. The predicted octanol–water partition coefficient (Wildman–Crippen LogP) is -0.0960. The molecule has 0 aromatic carbocycles. The zero-order valence-corrected chi connectivity index (χ0v) is 9.91. The number of morpholine rings is 1. The second kappa shape index (κ2) is 3.98. The van der Waals surface area contributed by atoms with Crippen molar-refractivity contribution in [1.82, 2.24) is 10.2 Å². The molecule has 2 aliphatic carbocycles. The highest BCUT2D eigenvalue weighted by molar-refractivity contribution is 6.08. The van der Waals surface area contributed by atoms with Crippen molar-refractivity contribution in [2.24, 2.45) is 5.41 Å². The Morgan fingerprint density at radius 3 is 2.35 bits per heavy atom. The minimum atomic E-state index is -0.722.